The van der Waals surface area contributed by atoms with Crippen molar-refractivity contribution in [2.45, 2.75) is 46.0 Å². The first-order valence-electron chi connectivity index (χ1n) is 6.38. The van der Waals surface area contributed by atoms with Crippen molar-refractivity contribution in [3.8, 4) is 0 Å². The number of carbonyl (C=O) groups is 1. The van der Waals surface area contributed by atoms with Gasteiger partial charge in [-0.25, -0.2) is 4.39 Å². The van der Waals surface area contributed by atoms with Gasteiger partial charge in [-0.3, -0.25) is 4.79 Å². The number of aryl methyl sites for hydroxylation is 2. The van der Waals surface area contributed by atoms with Gasteiger partial charge in [-0.05, 0) is 43.0 Å². The molecule has 1 aliphatic rings. The highest BCUT2D eigenvalue weighted by molar-refractivity contribution is 5.98. The number of benzene rings is 1. The van der Waals surface area contributed by atoms with Gasteiger partial charge in [0.05, 0.1) is 0 Å². The van der Waals surface area contributed by atoms with Gasteiger partial charge < -0.3 is 0 Å². The van der Waals surface area contributed by atoms with Gasteiger partial charge in [0.1, 0.15) is 5.82 Å². The van der Waals surface area contributed by atoms with E-state index in [0.717, 1.165) is 16.7 Å². The lowest BCUT2D eigenvalue weighted by molar-refractivity contribution is 0.0961. The van der Waals surface area contributed by atoms with Crippen LogP contribution in [0.5, 0.6) is 0 Å². The summed E-state index contributed by atoms with van der Waals surface area (Å²) in [7, 11) is 0. The molecule has 0 radical (unpaired) electrons. The number of halogens is 1. The van der Waals surface area contributed by atoms with Crippen LogP contribution >= 0.6 is 0 Å². The van der Waals surface area contributed by atoms with Crippen LogP contribution in [-0.2, 0) is 0 Å². The molecule has 0 aliphatic heterocycles. The third-order valence-electron chi connectivity index (χ3n) is 3.73. The Bertz CT molecular complexity index is 408. The molecule has 0 N–H and O–H groups in total. The van der Waals surface area contributed by atoms with Gasteiger partial charge >= 0.3 is 0 Å². The van der Waals surface area contributed by atoms with Crippen LogP contribution in [0.1, 0.15) is 53.6 Å². The van der Waals surface area contributed by atoms with Gasteiger partial charge in [0, 0.05) is 12.0 Å². The van der Waals surface area contributed by atoms with Crippen LogP contribution in [-0.4, -0.2) is 5.78 Å². The predicted octanol–water partition coefficient (Wildman–Crippen LogP) is 4.21. The zero-order chi connectivity index (χ0) is 12.4. The van der Waals surface area contributed by atoms with E-state index < -0.39 is 0 Å². The van der Waals surface area contributed by atoms with Crippen LogP contribution in [0.15, 0.2) is 12.1 Å². The summed E-state index contributed by atoms with van der Waals surface area (Å²) in [5.74, 6) is 0.482. The summed E-state index contributed by atoms with van der Waals surface area (Å²) in [4.78, 5) is 12.2. The number of hydrogen-bond acceptors (Lipinski definition) is 1. The third kappa shape index (κ3) is 2.74. The maximum absolute atomic E-state index is 13.2. The molecule has 0 spiro atoms. The van der Waals surface area contributed by atoms with Crippen molar-refractivity contribution in [1.82, 2.24) is 0 Å². The Hall–Kier alpha value is -1.18. The van der Waals surface area contributed by atoms with Crippen molar-refractivity contribution < 1.29 is 9.18 Å². The van der Waals surface area contributed by atoms with E-state index in [0.29, 0.717) is 12.3 Å². The minimum atomic E-state index is -0.252. The topological polar surface area (TPSA) is 17.1 Å². The molecule has 2 rings (SSSR count). The summed E-state index contributed by atoms with van der Waals surface area (Å²) < 4.78 is 13.2. The van der Waals surface area contributed by atoms with Crippen LogP contribution in [0.4, 0.5) is 4.39 Å². The molecule has 0 heterocycles. The monoisotopic (exact) mass is 234 g/mol. The largest absolute Gasteiger partial charge is 0.294 e. The highest BCUT2D eigenvalue weighted by Gasteiger charge is 2.21. The molecular weight excluding hydrogens is 215 g/mol. The molecule has 0 amide bonds. The minimum Gasteiger partial charge on any atom is -0.294 e. The molecule has 1 aliphatic carbocycles. The van der Waals surface area contributed by atoms with E-state index in [1.807, 2.05) is 13.8 Å². The zero-order valence-corrected chi connectivity index (χ0v) is 10.6. The highest BCUT2D eigenvalue weighted by atomic mass is 19.1. The van der Waals surface area contributed by atoms with E-state index in [4.69, 9.17) is 0 Å². The van der Waals surface area contributed by atoms with E-state index in [9.17, 15) is 9.18 Å². The van der Waals surface area contributed by atoms with E-state index >= 15 is 0 Å². The molecule has 1 saturated carbocycles. The fraction of sp³-hybridized carbons (Fsp3) is 0.533. The number of rotatable bonds is 3. The van der Waals surface area contributed by atoms with Crippen molar-refractivity contribution in [3.05, 3.63) is 34.6 Å². The van der Waals surface area contributed by atoms with Crippen molar-refractivity contribution in [3.63, 3.8) is 0 Å². The Morgan fingerprint density at radius 2 is 1.76 bits per heavy atom. The molecular formula is C15H19FO. The molecule has 2 heteroatoms. The van der Waals surface area contributed by atoms with E-state index in [1.165, 1.54) is 37.8 Å². The molecule has 17 heavy (non-hydrogen) atoms. The normalized spacial score (nSPS) is 16.4. The Labute approximate surface area is 102 Å². The average Bonchev–Trinajstić information content (AvgIpc) is 2.68. The van der Waals surface area contributed by atoms with Crippen molar-refractivity contribution >= 4 is 5.78 Å². The molecule has 0 aromatic heterocycles. The average molecular weight is 234 g/mol. The van der Waals surface area contributed by atoms with E-state index in [-0.39, 0.29) is 11.6 Å². The maximum atomic E-state index is 13.2. The van der Waals surface area contributed by atoms with Crippen molar-refractivity contribution in [1.29, 1.82) is 0 Å². The molecule has 0 bridgehead atoms. The van der Waals surface area contributed by atoms with Gasteiger partial charge in [-0.15, -0.1) is 0 Å². The van der Waals surface area contributed by atoms with Crippen LogP contribution in [0.2, 0.25) is 0 Å². The van der Waals surface area contributed by atoms with Gasteiger partial charge in [0.25, 0.3) is 0 Å². The van der Waals surface area contributed by atoms with Crippen LogP contribution in [0.25, 0.3) is 0 Å². The Morgan fingerprint density at radius 3 is 2.29 bits per heavy atom. The second-order valence-corrected chi connectivity index (χ2v) is 5.19. The maximum Gasteiger partial charge on any atom is 0.163 e. The first-order valence-corrected chi connectivity index (χ1v) is 6.38. The lowest BCUT2D eigenvalue weighted by Crippen LogP contribution is -2.09. The lowest BCUT2D eigenvalue weighted by atomic mass is 9.92. The van der Waals surface area contributed by atoms with Crippen LogP contribution < -0.4 is 0 Å². The number of Topliss-reactive ketones (excluding diaryl/α,β-unsaturated/α-hetero) is 1. The molecule has 1 aromatic carbocycles. The van der Waals surface area contributed by atoms with Gasteiger partial charge in [-0.1, -0.05) is 25.7 Å². The molecule has 92 valence electrons. The second-order valence-electron chi connectivity index (χ2n) is 5.19. The SMILES string of the molecule is Cc1cc(F)cc(C)c1C(=O)CC1CCCC1. The summed E-state index contributed by atoms with van der Waals surface area (Å²) in [6.07, 6.45) is 5.47. The summed E-state index contributed by atoms with van der Waals surface area (Å²) in [6, 6.07) is 2.91. The number of carbonyl (C=O) groups excluding carboxylic acids is 1. The predicted molar refractivity (Wildman–Crippen MR) is 66.8 cm³/mol. The Kier molecular flexibility index (Phi) is 3.60. The first kappa shape index (κ1) is 12.3. The minimum absolute atomic E-state index is 0.187. The quantitative estimate of drug-likeness (QED) is 0.716. The fourth-order valence-electron chi connectivity index (χ4n) is 2.93. The zero-order valence-electron chi connectivity index (χ0n) is 10.6. The summed E-state index contributed by atoms with van der Waals surface area (Å²) in [5, 5.41) is 0. The molecule has 0 unspecified atom stereocenters. The third-order valence-corrected chi connectivity index (χ3v) is 3.73. The molecule has 0 saturated heterocycles. The Morgan fingerprint density at radius 1 is 1.24 bits per heavy atom. The van der Waals surface area contributed by atoms with Crippen LogP contribution in [0, 0.1) is 25.6 Å². The molecule has 0 atom stereocenters. The molecule has 1 fully saturated rings. The number of ketones is 1. The van der Waals surface area contributed by atoms with Gasteiger partial charge in [0.15, 0.2) is 5.78 Å². The van der Waals surface area contributed by atoms with Gasteiger partial charge in [-0.2, -0.15) is 0 Å². The van der Waals surface area contributed by atoms with E-state index in [2.05, 4.69) is 0 Å². The highest BCUT2D eigenvalue weighted by Crippen LogP contribution is 2.30. The second kappa shape index (κ2) is 4.99. The lowest BCUT2D eigenvalue weighted by Gasteiger charge is -2.12. The fourth-order valence-corrected chi connectivity index (χ4v) is 2.93. The summed E-state index contributed by atoms with van der Waals surface area (Å²) >= 11 is 0. The first-order chi connectivity index (χ1) is 8.08. The van der Waals surface area contributed by atoms with Gasteiger partial charge in [0.2, 0.25) is 0 Å². The Balaban J connectivity index is 2.18. The standard InChI is InChI=1S/C15H19FO/c1-10-7-13(16)8-11(2)15(10)14(17)9-12-5-3-4-6-12/h7-8,12H,3-6,9H2,1-2H3. The molecule has 1 nitrogen and oxygen atoms in total. The van der Waals surface area contributed by atoms with E-state index in [1.54, 1.807) is 0 Å². The van der Waals surface area contributed by atoms with Crippen LogP contribution in [0.3, 0.4) is 0 Å². The molecule has 1 aromatic rings. The number of hydrogen-bond donors (Lipinski definition) is 0. The summed E-state index contributed by atoms with van der Waals surface area (Å²) in [6.45, 7) is 3.63. The van der Waals surface area contributed by atoms with Crippen molar-refractivity contribution in [2.24, 2.45) is 5.92 Å². The smallest absolute Gasteiger partial charge is 0.163 e. The summed E-state index contributed by atoms with van der Waals surface area (Å²) in [5.41, 5.74) is 2.27. The van der Waals surface area contributed by atoms with Crippen molar-refractivity contribution in [2.75, 3.05) is 0 Å².